The number of nitrogens with one attached hydrogen (secondary N) is 2. The van der Waals surface area contributed by atoms with Crippen LogP contribution in [0.1, 0.15) is 38.2 Å². The van der Waals surface area contributed by atoms with Gasteiger partial charge in [0, 0.05) is 25.7 Å². The third-order valence-corrected chi connectivity index (χ3v) is 3.77. The van der Waals surface area contributed by atoms with Gasteiger partial charge in [-0.3, -0.25) is 4.99 Å². The molecule has 1 aliphatic rings. The number of rotatable bonds is 9. The molecule has 126 valence electrons. The van der Waals surface area contributed by atoms with Crippen LogP contribution in [0.4, 0.5) is 0 Å². The summed E-state index contributed by atoms with van der Waals surface area (Å²) in [6.45, 7) is 5.32. The van der Waals surface area contributed by atoms with E-state index in [1.165, 1.54) is 5.56 Å². The van der Waals surface area contributed by atoms with Crippen molar-refractivity contribution < 1.29 is 4.74 Å². The zero-order chi connectivity index (χ0) is 16.2. The summed E-state index contributed by atoms with van der Waals surface area (Å²) in [5.74, 6) is 0.936. The van der Waals surface area contributed by atoms with Crippen LogP contribution in [0, 0.1) is 0 Å². The largest absolute Gasteiger partial charge is 0.377 e. The van der Waals surface area contributed by atoms with Crippen molar-refractivity contribution in [2.45, 2.75) is 45.3 Å². The normalized spacial score (nSPS) is 15.1. The van der Waals surface area contributed by atoms with Gasteiger partial charge in [0.15, 0.2) is 5.96 Å². The molecule has 0 aliphatic heterocycles. The van der Waals surface area contributed by atoms with Gasteiger partial charge in [-0.15, -0.1) is 0 Å². The number of aliphatic imine (C=N–C) groups is 1. The zero-order valence-corrected chi connectivity index (χ0v) is 14.1. The molecule has 0 aromatic heterocycles. The van der Waals surface area contributed by atoms with Crippen molar-refractivity contribution in [2.75, 3.05) is 19.7 Å². The monoisotopic (exact) mass is 315 g/mol. The molecule has 0 unspecified atom stereocenters. The molecule has 1 aromatic carbocycles. The van der Waals surface area contributed by atoms with Gasteiger partial charge in [-0.25, -0.2) is 0 Å². The van der Waals surface area contributed by atoms with Crippen LogP contribution in [0.5, 0.6) is 0 Å². The average molecular weight is 315 g/mol. The first kappa shape index (κ1) is 17.5. The Labute approximate surface area is 140 Å². The lowest BCUT2D eigenvalue weighted by atomic mass is 10.2. The number of ether oxygens (including phenoxy) is 1. The summed E-state index contributed by atoms with van der Waals surface area (Å²) in [6, 6.07) is 10.8. The minimum absolute atomic E-state index is 0.502. The average Bonchev–Trinajstić information content (AvgIpc) is 3.08. The molecule has 0 saturated heterocycles. The SMILES string of the molecule is CCNC(=NCCCCOCc1ccccc1)NC1CC=CC1. The number of hydrogen-bond donors (Lipinski definition) is 2. The fourth-order valence-electron chi connectivity index (χ4n) is 2.52. The Balaban J connectivity index is 1.56. The van der Waals surface area contributed by atoms with E-state index in [4.69, 9.17) is 4.74 Å². The number of benzene rings is 1. The first-order valence-corrected chi connectivity index (χ1v) is 8.70. The number of nitrogens with zero attached hydrogens (tertiary/aromatic N) is 1. The smallest absolute Gasteiger partial charge is 0.191 e. The maximum absolute atomic E-state index is 5.69. The first-order valence-electron chi connectivity index (χ1n) is 8.70. The molecule has 0 saturated carbocycles. The van der Waals surface area contributed by atoms with Crippen LogP contribution in [-0.2, 0) is 11.3 Å². The molecule has 2 rings (SSSR count). The predicted molar refractivity (Wildman–Crippen MR) is 96.6 cm³/mol. The van der Waals surface area contributed by atoms with Gasteiger partial charge >= 0.3 is 0 Å². The molecule has 4 nitrogen and oxygen atoms in total. The molecule has 2 N–H and O–H groups in total. The van der Waals surface area contributed by atoms with Crippen molar-refractivity contribution in [2.24, 2.45) is 4.99 Å². The zero-order valence-electron chi connectivity index (χ0n) is 14.1. The summed E-state index contributed by atoms with van der Waals surface area (Å²) in [6.07, 6.45) is 8.74. The second-order valence-corrected chi connectivity index (χ2v) is 5.79. The highest BCUT2D eigenvalue weighted by Gasteiger charge is 2.11. The molecule has 0 atom stereocenters. The minimum atomic E-state index is 0.502. The summed E-state index contributed by atoms with van der Waals surface area (Å²) < 4.78 is 5.69. The third-order valence-electron chi connectivity index (χ3n) is 3.77. The van der Waals surface area contributed by atoms with Gasteiger partial charge in [0.2, 0.25) is 0 Å². The Morgan fingerprint density at radius 1 is 1.17 bits per heavy atom. The molecule has 0 amide bonds. The van der Waals surface area contributed by atoms with E-state index in [-0.39, 0.29) is 0 Å². The quantitative estimate of drug-likeness (QED) is 0.318. The van der Waals surface area contributed by atoms with E-state index in [1.54, 1.807) is 0 Å². The highest BCUT2D eigenvalue weighted by Crippen LogP contribution is 2.08. The van der Waals surface area contributed by atoms with Gasteiger partial charge in [-0.2, -0.15) is 0 Å². The van der Waals surface area contributed by atoms with Crippen LogP contribution < -0.4 is 10.6 Å². The van der Waals surface area contributed by atoms with Crippen molar-refractivity contribution >= 4 is 5.96 Å². The first-order chi connectivity index (χ1) is 11.4. The molecule has 0 spiro atoms. The Bertz CT molecular complexity index is 477. The molecule has 1 aliphatic carbocycles. The topological polar surface area (TPSA) is 45.7 Å². The van der Waals surface area contributed by atoms with Gasteiger partial charge in [-0.1, -0.05) is 42.5 Å². The maximum Gasteiger partial charge on any atom is 0.191 e. The van der Waals surface area contributed by atoms with Gasteiger partial charge < -0.3 is 15.4 Å². The molecule has 0 bridgehead atoms. The second kappa shape index (κ2) is 10.8. The van der Waals surface area contributed by atoms with Crippen LogP contribution >= 0.6 is 0 Å². The van der Waals surface area contributed by atoms with E-state index in [2.05, 4.69) is 46.8 Å². The summed E-state index contributed by atoms with van der Waals surface area (Å²) in [7, 11) is 0. The highest BCUT2D eigenvalue weighted by atomic mass is 16.5. The van der Waals surface area contributed by atoms with Gasteiger partial charge in [0.1, 0.15) is 0 Å². The van der Waals surface area contributed by atoms with Crippen molar-refractivity contribution in [3.8, 4) is 0 Å². The highest BCUT2D eigenvalue weighted by molar-refractivity contribution is 5.80. The van der Waals surface area contributed by atoms with E-state index in [0.29, 0.717) is 12.6 Å². The fraction of sp³-hybridized carbons (Fsp3) is 0.526. The van der Waals surface area contributed by atoms with E-state index in [1.807, 2.05) is 18.2 Å². The van der Waals surface area contributed by atoms with Crippen LogP contribution in [0.25, 0.3) is 0 Å². The fourth-order valence-corrected chi connectivity index (χ4v) is 2.52. The van der Waals surface area contributed by atoms with Crippen LogP contribution in [0.15, 0.2) is 47.5 Å². The van der Waals surface area contributed by atoms with Crippen LogP contribution in [-0.4, -0.2) is 31.7 Å². The summed E-state index contributed by atoms with van der Waals surface area (Å²) in [5.41, 5.74) is 1.23. The van der Waals surface area contributed by atoms with Gasteiger partial charge in [0.05, 0.1) is 6.61 Å². The predicted octanol–water partition coefficient (Wildman–Crippen LogP) is 3.26. The molecular formula is C19H29N3O. The summed E-state index contributed by atoms with van der Waals surface area (Å²) in [5, 5.41) is 6.80. The molecule has 4 heteroatoms. The van der Waals surface area contributed by atoms with Gasteiger partial charge in [0.25, 0.3) is 0 Å². The van der Waals surface area contributed by atoms with Crippen molar-refractivity contribution in [3.63, 3.8) is 0 Å². The van der Waals surface area contributed by atoms with Crippen molar-refractivity contribution in [1.82, 2.24) is 10.6 Å². The molecule has 0 heterocycles. The van der Waals surface area contributed by atoms with E-state index in [0.717, 1.165) is 51.3 Å². The maximum atomic E-state index is 5.69. The molecule has 0 fully saturated rings. The van der Waals surface area contributed by atoms with Crippen LogP contribution in [0.2, 0.25) is 0 Å². The second-order valence-electron chi connectivity index (χ2n) is 5.79. The van der Waals surface area contributed by atoms with Gasteiger partial charge in [-0.05, 0) is 38.2 Å². The number of guanidine groups is 1. The molecule has 0 radical (unpaired) electrons. The Kier molecular flexibility index (Phi) is 8.27. The summed E-state index contributed by atoms with van der Waals surface area (Å²) in [4.78, 5) is 4.64. The lowest BCUT2D eigenvalue weighted by Crippen LogP contribution is -2.42. The lowest BCUT2D eigenvalue weighted by molar-refractivity contribution is 0.117. The van der Waals surface area contributed by atoms with E-state index < -0.39 is 0 Å². The number of hydrogen-bond acceptors (Lipinski definition) is 2. The summed E-state index contributed by atoms with van der Waals surface area (Å²) >= 11 is 0. The van der Waals surface area contributed by atoms with Crippen LogP contribution in [0.3, 0.4) is 0 Å². The van der Waals surface area contributed by atoms with E-state index in [9.17, 15) is 0 Å². The number of unbranched alkanes of at least 4 members (excludes halogenated alkanes) is 1. The Hall–Kier alpha value is -1.81. The molecule has 23 heavy (non-hydrogen) atoms. The lowest BCUT2D eigenvalue weighted by Gasteiger charge is -2.16. The van der Waals surface area contributed by atoms with Crippen molar-refractivity contribution in [1.29, 1.82) is 0 Å². The Morgan fingerprint density at radius 3 is 2.70 bits per heavy atom. The Morgan fingerprint density at radius 2 is 1.96 bits per heavy atom. The minimum Gasteiger partial charge on any atom is -0.377 e. The molecule has 1 aromatic rings. The van der Waals surface area contributed by atoms with E-state index >= 15 is 0 Å². The third kappa shape index (κ3) is 7.33. The van der Waals surface area contributed by atoms with Crippen molar-refractivity contribution in [3.05, 3.63) is 48.0 Å². The molecular weight excluding hydrogens is 286 g/mol. The standard InChI is InChI=1S/C19H29N3O/c1-2-20-19(22-18-12-6-7-13-18)21-14-8-9-15-23-16-17-10-4-3-5-11-17/h3-7,10-11,18H,2,8-9,12-16H2,1H3,(H2,20,21,22).